The number of rotatable bonds is 4. The highest BCUT2D eigenvalue weighted by atomic mass is 79.9. The normalized spacial score (nSPS) is 11.1. The van der Waals surface area contributed by atoms with E-state index in [1.54, 1.807) is 0 Å². The van der Waals surface area contributed by atoms with E-state index < -0.39 is 31.3 Å². The number of hydrogen-bond donors (Lipinski definition) is 2. The Morgan fingerprint density at radius 1 is 1.38 bits per heavy atom. The van der Waals surface area contributed by atoms with Crippen molar-refractivity contribution in [2.75, 3.05) is 18.4 Å². The van der Waals surface area contributed by atoms with Crippen molar-refractivity contribution in [3.8, 4) is 0 Å². The van der Waals surface area contributed by atoms with Crippen LogP contribution in [0.2, 0.25) is 5.02 Å². The number of benzene rings is 1. The minimum Gasteiger partial charge on any atom is -0.480 e. The zero-order valence-electron chi connectivity index (χ0n) is 10.2. The molecule has 0 aliphatic carbocycles. The molecule has 0 atom stereocenters. The highest BCUT2D eigenvalue weighted by Crippen LogP contribution is 2.26. The van der Waals surface area contributed by atoms with Gasteiger partial charge in [-0.15, -0.1) is 0 Å². The second-order valence-corrected chi connectivity index (χ2v) is 5.21. The van der Waals surface area contributed by atoms with Gasteiger partial charge in [-0.25, -0.2) is 4.79 Å². The summed E-state index contributed by atoms with van der Waals surface area (Å²) >= 11 is 8.80. The fourth-order valence-corrected chi connectivity index (χ4v) is 1.88. The molecule has 1 aromatic carbocycles. The largest absolute Gasteiger partial charge is 0.480 e. The number of amides is 2. The maximum absolute atomic E-state index is 12.4. The van der Waals surface area contributed by atoms with Crippen molar-refractivity contribution < 1.29 is 27.9 Å². The van der Waals surface area contributed by atoms with Crippen LogP contribution in [0, 0.1) is 0 Å². The molecule has 0 aromatic heterocycles. The second-order valence-electron chi connectivity index (χ2n) is 3.92. The highest BCUT2D eigenvalue weighted by Gasteiger charge is 2.34. The third-order valence-corrected chi connectivity index (χ3v) is 3.08. The SMILES string of the molecule is O=C(O)CN(CC(F)(F)F)C(=O)Nc1cc(Cl)ccc1Br. The number of hydrogen-bond acceptors (Lipinski definition) is 2. The van der Waals surface area contributed by atoms with E-state index >= 15 is 0 Å². The van der Waals surface area contributed by atoms with Gasteiger partial charge in [0, 0.05) is 9.50 Å². The van der Waals surface area contributed by atoms with Gasteiger partial charge in [-0.1, -0.05) is 11.6 Å². The molecule has 2 amide bonds. The molecule has 5 nitrogen and oxygen atoms in total. The molecule has 0 bridgehead atoms. The fraction of sp³-hybridized carbons (Fsp3) is 0.273. The van der Waals surface area contributed by atoms with Gasteiger partial charge in [0.05, 0.1) is 5.69 Å². The van der Waals surface area contributed by atoms with Crippen molar-refractivity contribution in [2.24, 2.45) is 0 Å². The average Bonchev–Trinajstić information content (AvgIpc) is 2.30. The first kappa shape index (κ1) is 17.6. The predicted octanol–water partition coefficient (Wildman–Crippen LogP) is 3.58. The lowest BCUT2D eigenvalue weighted by molar-refractivity contribution is -0.148. The molecule has 0 saturated heterocycles. The van der Waals surface area contributed by atoms with Crippen LogP contribution in [0.15, 0.2) is 22.7 Å². The summed E-state index contributed by atoms with van der Waals surface area (Å²) < 4.78 is 37.5. The van der Waals surface area contributed by atoms with Crippen LogP contribution >= 0.6 is 27.5 Å². The van der Waals surface area contributed by atoms with Crippen LogP contribution in [0.5, 0.6) is 0 Å². The smallest absolute Gasteiger partial charge is 0.406 e. The van der Waals surface area contributed by atoms with E-state index in [2.05, 4.69) is 21.2 Å². The number of nitrogens with one attached hydrogen (secondary N) is 1. The van der Waals surface area contributed by atoms with Crippen molar-refractivity contribution >= 4 is 45.2 Å². The molecule has 0 aliphatic rings. The van der Waals surface area contributed by atoms with Crippen LogP contribution in [0.1, 0.15) is 0 Å². The van der Waals surface area contributed by atoms with Crippen molar-refractivity contribution in [3.63, 3.8) is 0 Å². The molecule has 2 N–H and O–H groups in total. The van der Waals surface area contributed by atoms with E-state index in [9.17, 15) is 22.8 Å². The summed E-state index contributed by atoms with van der Waals surface area (Å²) in [6.45, 7) is -2.76. The summed E-state index contributed by atoms with van der Waals surface area (Å²) in [5, 5.41) is 11.0. The van der Waals surface area contributed by atoms with Crippen molar-refractivity contribution in [2.45, 2.75) is 6.18 Å². The third kappa shape index (κ3) is 6.21. The van der Waals surface area contributed by atoms with Crippen LogP contribution in [0.4, 0.5) is 23.7 Å². The minimum absolute atomic E-state index is 0.130. The lowest BCUT2D eigenvalue weighted by Gasteiger charge is -2.22. The molecule has 21 heavy (non-hydrogen) atoms. The van der Waals surface area contributed by atoms with Crippen molar-refractivity contribution in [1.29, 1.82) is 0 Å². The van der Waals surface area contributed by atoms with Gasteiger partial charge in [-0.05, 0) is 34.1 Å². The van der Waals surface area contributed by atoms with E-state index in [1.807, 2.05) is 0 Å². The molecule has 116 valence electrons. The molecular formula is C11H9BrClF3N2O3. The Hall–Kier alpha value is -1.48. The maximum atomic E-state index is 12.4. The van der Waals surface area contributed by atoms with Crippen LogP contribution in [-0.2, 0) is 4.79 Å². The van der Waals surface area contributed by atoms with E-state index in [-0.39, 0.29) is 15.6 Å². The van der Waals surface area contributed by atoms with Gasteiger partial charge >= 0.3 is 18.2 Å². The Kier molecular flexibility index (Phi) is 5.85. The number of anilines is 1. The van der Waals surface area contributed by atoms with Gasteiger partial charge < -0.3 is 15.3 Å². The molecule has 10 heteroatoms. The van der Waals surface area contributed by atoms with Crippen molar-refractivity contribution in [3.05, 3.63) is 27.7 Å². The number of alkyl halides is 3. The number of urea groups is 1. The predicted molar refractivity (Wildman–Crippen MR) is 73.4 cm³/mol. The van der Waals surface area contributed by atoms with Crippen LogP contribution in [0.25, 0.3) is 0 Å². The topological polar surface area (TPSA) is 69.6 Å². The molecule has 0 aliphatic heterocycles. The number of carbonyl (C=O) groups excluding carboxylic acids is 1. The molecule has 0 heterocycles. The standard InChI is InChI=1S/C11H9BrClF3N2O3/c12-7-2-1-6(13)3-8(7)17-10(21)18(4-9(19)20)5-11(14,15)16/h1-3H,4-5H2,(H,17,21)(H,19,20). The van der Waals surface area contributed by atoms with Gasteiger partial charge in [0.25, 0.3) is 0 Å². The van der Waals surface area contributed by atoms with Gasteiger partial charge in [-0.3, -0.25) is 4.79 Å². The maximum Gasteiger partial charge on any atom is 0.406 e. The second kappa shape index (κ2) is 6.99. The number of aliphatic carboxylic acids is 1. The zero-order valence-corrected chi connectivity index (χ0v) is 12.6. The minimum atomic E-state index is -4.71. The summed E-state index contributed by atoms with van der Waals surface area (Å²) in [6.07, 6.45) is -4.71. The molecular weight excluding hydrogens is 380 g/mol. The van der Waals surface area contributed by atoms with E-state index in [0.29, 0.717) is 4.47 Å². The highest BCUT2D eigenvalue weighted by molar-refractivity contribution is 9.10. The number of carboxylic acid groups (broad SMARTS) is 1. The first-order chi connectivity index (χ1) is 9.58. The first-order valence-corrected chi connectivity index (χ1v) is 6.55. The molecule has 0 unspecified atom stereocenters. The molecule has 1 rings (SSSR count). The quantitative estimate of drug-likeness (QED) is 0.827. The summed E-state index contributed by atoms with van der Waals surface area (Å²) in [5.41, 5.74) is 0.130. The van der Waals surface area contributed by atoms with Crippen molar-refractivity contribution in [1.82, 2.24) is 4.90 Å². The molecule has 0 spiro atoms. The zero-order chi connectivity index (χ0) is 16.2. The fourth-order valence-electron chi connectivity index (χ4n) is 1.37. The average molecular weight is 390 g/mol. The molecule has 1 aromatic rings. The number of carboxylic acids is 1. The summed E-state index contributed by atoms with van der Waals surface area (Å²) in [4.78, 5) is 22.5. The summed E-state index contributed by atoms with van der Waals surface area (Å²) in [5.74, 6) is -1.56. The van der Waals surface area contributed by atoms with Crippen LogP contribution in [0.3, 0.4) is 0 Å². The Bertz CT molecular complexity index is 554. The monoisotopic (exact) mass is 388 g/mol. The Labute approximate surface area is 130 Å². The van der Waals surface area contributed by atoms with E-state index in [0.717, 1.165) is 0 Å². The van der Waals surface area contributed by atoms with E-state index in [4.69, 9.17) is 16.7 Å². The lowest BCUT2D eigenvalue weighted by atomic mass is 10.3. The van der Waals surface area contributed by atoms with Gasteiger partial charge in [0.2, 0.25) is 0 Å². The van der Waals surface area contributed by atoms with Gasteiger partial charge in [0.1, 0.15) is 13.1 Å². The summed E-state index contributed by atoms with van der Waals surface area (Å²) in [6, 6.07) is 3.11. The molecule has 0 saturated carbocycles. The molecule has 0 radical (unpaired) electrons. The summed E-state index contributed by atoms with van der Waals surface area (Å²) in [7, 11) is 0. The number of nitrogens with zero attached hydrogens (tertiary/aromatic N) is 1. The Morgan fingerprint density at radius 3 is 2.52 bits per heavy atom. The van der Waals surface area contributed by atoms with Crippen LogP contribution in [-0.4, -0.2) is 41.3 Å². The molecule has 0 fully saturated rings. The number of carbonyl (C=O) groups is 2. The Balaban J connectivity index is 2.89. The van der Waals surface area contributed by atoms with Crippen LogP contribution < -0.4 is 5.32 Å². The number of halogens is 5. The van der Waals surface area contributed by atoms with E-state index in [1.165, 1.54) is 18.2 Å². The van der Waals surface area contributed by atoms with Gasteiger partial charge in [-0.2, -0.15) is 13.2 Å². The van der Waals surface area contributed by atoms with Gasteiger partial charge in [0.15, 0.2) is 0 Å². The lowest BCUT2D eigenvalue weighted by Crippen LogP contribution is -2.44. The Morgan fingerprint density at radius 2 is 2.00 bits per heavy atom. The first-order valence-electron chi connectivity index (χ1n) is 5.38. The third-order valence-electron chi connectivity index (χ3n) is 2.15.